The van der Waals surface area contributed by atoms with Gasteiger partial charge in [-0.3, -0.25) is 4.57 Å². The van der Waals surface area contributed by atoms with Crippen LogP contribution in [0.4, 0.5) is 0 Å². The number of para-hydroxylation sites is 1. The van der Waals surface area contributed by atoms with Crippen molar-refractivity contribution in [1.82, 2.24) is 19.7 Å². The molecule has 4 aromatic rings. The predicted molar refractivity (Wildman–Crippen MR) is 105 cm³/mol. The monoisotopic (exact) mass is 380 g/mol. The van der Waals surface area contributed by atoms with Gasteiger partial charge >= 0.3 is 5.69 Å². The molecule has 0 aliphatic heterocycles. The zero-order valence-corrected chi connectivity index (χ0v) is 16.0. The van der Waals surface area contributed by atoms with E-state index in [1.54, 1.807) is 24.9 Å². The first kappa shape index (κ1) is 17.8. The number of nitrogens with one attached hydrogen (secondary N) is 1. The van der Waals surface area contributed by atoms with Gasteiger partial charge in [-0.15, -0.1) is 0 Å². The number of aromatic nitrogens is 4. The average molecular weight is 380 g/mol. The molecule has 144 valence electrons. The maximum Gasteiger partial charge on any atom is 0.326 e. The number of H-pyrrole nitrogens is 1. The van der Waals surface area contributed by atoms with Crippen LogP contribution in [-0.4, -0.2) is 33.9 Å². The van der Waals surface area contributed by atoms with Crippen molar-refractivity contribution in [2.75, 3.05) is 14.2 Å². The highest BCUT2D eigenvalue weighted by Gasteiger charge is 2.18. The van der Waals surface area contributed by atoms with Gasteiger partial charge in [-0.1, -0.05) is 11.2 Å². The zero-order valence-electron chi connectivity index (χ0n) is 16.0. The Morgan fingerprint density at radius 3 is 2.68 bits per heavy atom. The fraction of sp³-hybridized carbons (Fsp3) is 0.250. The van der Waals surface area contributed by atoms with Crippen LogP contribution in [-0.2, 0) is 0 Å². The van der Waals surface area contributed by atoms with Crippen LogP contribution in [0.1, 0.15) is 19.9 Å². The van der Waals surface area contributed by atoms with Crippen molar-refractivity contribution in [3.63, 3.8) is 0 Å². The molecule has 0 unspecified atom stereocenters. The van der Waals surface area contributed by atoms with E-state index in [1.807, 2.05) is 44.2 Å². The highest BCUT2D eigenvalue weighted by molar-refractivity contribution is 5.81. The van der Waals surface area contributed by atoms with Crippen LogP contribution in [0.3, 0.4) is 0 Å². The molecule has 0 aliphatic rings. The van der Waals surface area contributed by atoms with Crippen LogP contribution in [0.25, 0.3) is 33.9 Å². The van der Waals surface area contributed by atoms with E-state index in [2.05, 4.69) is 15.1 Å². The van der Waals surface area contributed by atoms with Crippen LogP contribution in [0, 0.1) is 0 Å². The van der Waals surface area contributed by atoms with Crippen LogP contribution in [0.5, 0.6) is 11.5 Å². The van der Waals surface area contributed by atoms with Gasteiger partial charge in [0.15, 0.2) is 11.5 Å². The molecule has 8 nitrogen and oxygen atoms in total. The van der Waals surface area contributed by atoms with E-state index in [1.165, 1.54) is 0 Å². The first-order chi connectivity index (χ1) is 13.5. The molecule has 0 aliphatic carbocycles. The summed E-state index contributed by atoms with van der Waals surface area (Å²) in [5.74, 6) is 1.83. The van der Waals surface area contributed by atoms with Gasteiger partial charge in [-0.2, -0.15) is 4.98 Å². The smallest absolute Gasteiger partial charge is 0.326 e. The Morgan fingerprint density at radius 2 is 1.96 bits per heavy atom. The summed E-state index contributed by atoms with van der Waals surface area (Å²) < 4.78 is 17.9. The minimum Gasteiger partial charge on any atom is -0.493 e. The summed E-state index contributed by atoms with van der Waals surface area (Å²) in [5, 5.41) is 4.08. The summed E-state index contributed by atoms with van der Waals surface area (Å²) in [7, 11) is 3.13. The SMILES string of the molecule is COc1cccc(-c2nc(-c3ccc4c(c3)[nH]c(=O)n4C(C)C)no2)c1OC. The molecule has 0 saturated carbocycles. The summed E-state index contributed by atoms with van der Waals surface area (Å²) in [6.45, 7) is 3.94. The van der Waals surface area contributed by atoms with Gasteiger partial charge in [0.05, 0.1) is 30.8 Å². The molecular weight excluding hydrogens is 360 g/mol. The standard InChI is InChI=1S/C20H20N4O4/c1-11(2)24-15-9-8-12(10-14(15)21-20(24)25)18-22-19(28-23-18)13-6-5-7-16(26-3)17(13)27-4/h5-11H,1-4H3,(H,21,25). The molecule has 0 atom stereocenters. The number of aromatic amines is 1. The van der Waals surface area contributed by atoms with Crippen molar-refractivity contribution in [1.29, 1.82) is 0 Å². The van der Waals surface area contributed by atoms with E-state index in [9.17, 15) is 4.79 Å². The highest BCUT2D eigenvalue weighted by Crippen LogP contribution is 2.37. The molecule has 0 bridgehead atoms. The number of hydrogen-bond donors (Lipinski definition) is 1. The summed E-state index contributed by atoms with van der Waals surface area (Å²) in [5.41, 5.74) is 2.79. The van der Waals surface area contributed by atoms with Crippen molar-refractivity contribution >= 4 is 11.0 Å². The molecule has 0 amide bonds. The van der Waals surface area contributed by atoms with Gasteiger partial charge in [0.2, 0.25) is 5.82 Å². The average Bonchev–Trinajstić information content (AvgIpc) is 3.30. The number of nitrogens with zero attached hydrogens (tertiary/aromatic N) is 3. The van der Waals surface area contributed by atoms with Gasteiger partial charge in [-0.05, 0) is 44.2 Å². The lowest BCUT2D eigenvalue weighted by atomic mass is 10.1. The van der Waals surface area contributed by atoms with Gasteiger partial charge in [-0.25, -0.2) is 4.79 Å². The Kier molecular flexibility index (Phi) is 4.38. The van der Waals surface area contributed by atoms with Crippen LogP contribution >= 0.6 is 0 Å². The van der Waals surface area contributed by atoms with Gasteiger partial charge in [0, 0.05) is 11.6 Å². The normalized spacial score (nSPS) is 11.3. The lowest BCUT2D eigenvalue weighted by molar-refractivity contribution is 0.353. The largest absolute Gasteiger partial charge is 0.493 e. The predicted octanol–water partition coefficient (Wildman–Crippen LogP) is 3.64. The molecule has 2 aromatic heterocycles. The number of rotatable bonds is 5. The zero-order chi connectivity index (χ0) is 19.8. The van der Waals surface area contributed by atoms with Crippen LogP contribution in [0.2, 0.25) is 0 Å². The fourth-order valence-electron chi connectivity index (χ4n) is 3.29. The Hall–Kier alpha value is -3.55. The number of fused-ring (bicyclic) bond motifs is 1. The molecule has 0 radical (unpaired) electrons. The minimum atomic E-state index is -0.142. The third-order valence-corrected chi connectivity index (χ3v) is 4.55. The summed E-state index contributed by atoms with van der Waals surface area (Å²) in [6.07, 6.45) is 0. The Bertz CT molecular complexity index is 1200. The number of benzene rings is 2. The van der Waals surface area contributed by atoms with Gasteiger partial charge in [0.1, 0.15) is 0 Å². The second kappa shape index (κ2) is 6.88. The topological polar surface area (TPSA) is 95.2 Å². The van der Waals surface area contributed by atoms with Crippen LogP contribution < -0.4 is 15.2 Å². The van der Waals surface area contributed by atoms with Crippen molar-refractivity contribution in [3.05, 3.63) is 46.9 Å². The Morgan fingerprint density at radius 1 is 1.14 bits per heavy atom. The highest BCUT2D eigenvalue weighted by atomic mass is 16.5. The second-order valence-corrected chi connectivity index (χ2v) is 6.59. The molecule has 4 rings (SSSR count). The lowest BCUT2D eigenvalue weighted by Gasteiger charge is -2.09. The summed E-state index contributed by atoms with van der Waals surface area (Å²) >= 11 is 0. The molecule has 8 heteroatoms. The molecule has 1 N–H and O–H groups in total. The van der Waals surface area contributed by atoms with E-state index in [0.717, 1.165) is 16.6 Å². The number of imidazole rings is 1. The summed E-state index contributed by atoms with van der Waals surface area (Å²) in [4.78, 5) is 19.5. The number of hydrogen-bond acceptors (Lipinski definition) is 6. The molecule has 2 aromatic carbocycles. The summed E-state index contributed by atoms with van der Waals surface area (Å²) in [6, 6.07) is 11.1. The van der Waals surface area contributed by atoms with E-state index in [4.69, 9.17) is 14.0 Å². The maximum absolute atomic E-state index is 12.2. The first-order valence-corrected chi connectivity index (χ1v) is 8.83. The van der Waals surface area contributed by atoms with Crippen molar-refractivity contribution in [2.24, 2.45) is 0 Å². The van der Waals surface area contributed by atoms with E-state index in [-0.39, 0.29) is 11.7 Å². The van der Waals surface area contributed by atoms with Crippen LogP contribution in [0.15, 0.2) is 45.7 Å². The minimum absolute atomic E-state index is 0.0596. The van der Waals surface area contributed by atoms with E-state index < -0.39 is 0 Å². The van der Waals surface area contributed by atoms with Crippen molar-refractivity contribution in [2.45, 2.75) is 19.9 Å². The molecule has 0 saturated heterocycles. The quantitative estimate of drug-likeness (QED) is 0.568. The number of methoxy groups -OCH3 is 2. The maximum atomic E-state index is 12.2. The molecule has 28 heavy (non-hydrogen) atoms. The molecule has 0 spiro atoms. The van der Waals surface area contributed by atoms with Gasteiger partial charge < -0.3 is 19.0 Å². The Labute approximate surface area is 160 Å². The number of ether oxygens (including phenoxy) is 2. The molecular formula is C20H20N4O4. The fourth-order valence-corrected chi connectivity index (χ4v) is 3.29. The third-order valence-electron chi connectivity index (χ3n) is 4.55. The van der Waals surface area contributed by atoms with Crippen molar-refractivity contribution < 1.29 is 14.0 Å². The lowest BCUT2D eigenvalue weighted by Crippen LogP contribution is -2.18. The van der Waals surface area contributed by atoms with Crippen molar-refractivity contribution in [3.8, 4) is 34.3 Å². The molecule has 2 heterocycles. The molecule has 0 fully saturated rings. The van der Waals surface area contributed by atoms with E-state index in [0.29, 0.717) is 28.8 Å². The van der Waals surface area contributed by atoms with E-state index >= 15 is 0 Å². The Balaban J connectivity index is 1.77. The third kappa shape index (κ3) is 2.83. The van der Waals surface area contributed by atoms with Gasteiger partial charge in [0.25, 0.3) is 5.89 Å². The first-order valence-electron chi connectivity index (χ1n) is 8.83. The second-order valence-electron chi connectivity index (χ2n) is 6.59.